The maximum atomic E-state index is 12.9. The van der Waals surface area contributed by atoms with Crippen LogP contribution in [-0.2, 0) is 28.6 Å². The highest BCUT2D eigenvalue weighted by molar-refractivity contribution is 5.71. The average Bonchev–Trinajstić information content (AvgIpc) is 3.33. The number of allylic oxidation sites excluding steroid dienone is 10. The molecule has 0 fully saturated rings. The molecule has 0 N–H and O–H groups in total. The van der Waals surface area contributed by atoms with Crippen LogP contribution in [0.25, 0.3) is 0 Å². The zero-order valence-electron chi connectivity index (χ0n) is 44.4. The first-order valence-corrected chi connectivity index (χ1v) is 28.8. The highest BCUT2D eigenvalue weighted by Crippen LogP contribution is 2.16. The van der Waals surface area contributed by atoms with Gasteiger partial charge in [-0.05, 0) is 83.5 Å². The van der Waals surface area contributed by atoms with Gasteiger partial charge in [-0.2, -0.15) is 0 Å². The van der Waals surface area contributed by atoms with Gasteiger partial charge in [0.1, 0.15) is 13.2 Å². The number of hydrogen-bond acceptors (Lipinski definition) is 6. The van der Waals surface area contributed by atoms with Crippen LogP contribution in [0.2, 0.25) is 0 Å². The molecule has 0 aromatic heterocycles. The fraction of sp³-hybridized carbons (Fsp3) is 0.787. The standard InChI is InChI=1S/C61H108O6/c1-4-7-10-13-16-19-22-25-27-29-31-33-34-36-39-42-45-48-51-54-60(63)66-57-58(56-65-59(62)53-50-47-44-41-38-24-21-18-15-12-9-6-3)67-61(64)55-52-49-46-43-40-37-35-32-30-28-26-23-20-17-14-11-8-5-2/h7,10,16,19,25,27,31-33,35,58H,4-6,8-9,11-15,17-18,20-24,26,28-30,34,36-57H2,1-3H3/b10-7-,19-16-,27-25-,33-31-,35-32-. The Balaban J connectivity index is 4.37. The molecule has 0 rings (SSSR count). The number of carbonyl (C=O) groups excluding carboxylic acids is 3. The summed E-state index contributed by atoms with van der Waals surface area (Å²) in [5.41, 5.74) is 0. The van der Waals surface area contributed by atoms with Gasteiger partial charge < -0.3 is 14.2 Å². The lowest BCUT2D eigenvalue weighted by molar-refractivity contribution is -0.167. The summed E-state index contributed by atoms with van der Waals surface area (Å²) in [4.78, 5) is 38.1. The van der Waals surface area contributed by atoms with Crippen molar-refractivity contribution in [3.8, 4) is 0 Å². The zero-order valence-corrected chi connectivity index (χ0v) is 44.4. The fourth-order valence-electron chi connectivity index (χ4n) is 8.19. The van der Waals surface area contributed by atoms with Gasteiger partial charge in [0.2, 0.25) is 0 Å². The molecule has 0 aliphatic rings. The van der Waals surface area contributed by atoms with Crippen LogP contribution in [0.3, 0.4) is 0 Å². The normalized spacial score (nSPS) is 12.5. The minimum atomic E-state index is -0.782. The van der Waals surface area contributed by atoms with Gasteiger partial charge in [-0.1, -0.05) is 248 Å². The van der Waals surface area contributed by atoms with Crippen molar-refractivity contribution in [2.75, 3.05) is 13.2 Å². The molecule has 0 saturated carbocycles. The Morgan fingerprint density at radius 1 is 0.313 bits per heavy atom. The zero-order chi connectivity index (χ0) is 48.6. The van der Waals surface area contributed by atoms with Crippen LogP contribution in [-0.4, -0.2) is 37.2 Å². The molecule has 0 aromatic carbocycles. The second-order valence-electron chi connectivity index (χ2n) is 19.2. The second-order valence-corrected chi connectivity index (χ2v) is 19.2. The van der Waals surface area contributed by atoms with Crippen molar-refractivity contribution in [1.29, 1.82) is 0 Å². The van der Waals surface area contributed by atoms with Gasteiger partial charge >= 0.3 is 17.9 Å². The molecule has 0 radical (unpaired) electrons. The van der Waals surface area contributed by atoms with Gasteiger partial charge in [-0.15, -0.1) is 0 Å². The minimum absolute atomic E-state index is 0.0797. The van der Waals surface area contributed by atoms with E-state index in [4.69, 9.17) is 14.2 Å². The van der Waals surface area contributed by atoms with Gasteiger partial charge in [0, 0.05) is 19.3 Å². The van der Waals surface area contributed by atoms with E-state index in [0.29, 0.717) is 19.3 Å². The summed E-state index contributed by atoms with van der Waals surface area (Å²) < 4.78 is 16.9. The Kier molecular flexibility index (Phi) is 53.3. The van der Waals surface area contributed by atoms with E-state index in [-0.39, 0.29) is 31.1 Å². The Morgan fingerprint density at radius 2 is 0.582 bits per heavy atom. The highest BCUT2D eigenvalue weighted by atomic mass is 16.6. The summed E-state index contributed by atoms with van der Waals surface area (Å²) in [7, 11) is 0. The first-order chi connectivity index (χ1) is 33.0. The van der Waals surface area contributed by atoms with Gasteiger partial charge in [0.15, 0.2) is 6.10 Å². The molecule has 0 heterocycles. The van der Waals surface area contributed by atoms with Crippen LogP contribution in [0.1, 0.15) is 290 Å². The number of unbranched alkanes of at least 4 members (excludes halogenated alkanes) is 31. The van der Waals surface area contributed by atoms with Gasteiger partial charge in [0.05, 0.1) is 0 Å². The molecule has 0 aliphatic heterocycles. The van der Waals surface area contributed by atoms with Gasteiger partial charge in [-0.3, -0.25) is 14.4 Å². The van der Waals surface area contributed by atoms with Crippen molar-refractivity contribution < 1.29 is 28.6 Å². The first-order valence-electron chi connectivity index (χ1n) is 28.8. The molecule has 1 unspecified atom stereocenters. The number of rotatable bonds is 52. The number of carbonyl (C=O) groups is 3. The summed E-state index contributed by atoms with van der Waals surface area (Å²) in [5.74, 6) is -0.891. The third kappa shape index (κ3) is 53.9. The smallest absolute Gasteiger partial charge is 0.306 e. The fourth-order valence-corrected chi connectivity index (χ4v) is 8.19. The topological polar surface area (TPSA) is 78.9 Å². The summed E-state index contributed by atoms with van der Waals surface area (Å²) in [6, 6.07) is 0. The Bertz CT molecular complexity index is 1210. The van der Waals surface area contributed by atoms with Crippen LogP contribution in [0, 0.1) is 0 Å². The Labute approximate surface area is 415 Å². The quantitative estimate of drug-likeness (QED) is 0.0262. The third-order valence-corrected chi connectivity index (χ3v) is 12.5. The second kappa shape index (κ2) is 55.7. The van der Waals surface area contributed by atoms with Crippen molar-refractivity contribution in [3.63, 3.8) is 0 Å². The molecule has 6 heteroatoms. The van der Waals surface area contributed by atoms with Crippen molar-refractivity contribution >= 4 is 17.9 Å². The minimum Gasteiger partial charge on any atom is -0.462 e. The molecular weight excluding hydrogens is 829 g/mol. The van der Waals surface area contributed by atoms with E-state index in [1.54, 1.807) is 0 Å². The van der Waals surface area contributed by atoms with E-state index in [1.165, 1.54) is 148 Å². The van der Waals surface area contributed by atoms with E-state index >= 15 is 0 Å². The van der Waals surface area contributed by atoms with Crippen LogP contribution in [0.15, 0.2) is 60.8 Å². The van der Waals surface area contributed by atoms with Crippen molar-refractivity contribution in [2.24, 2.45) is 0 Å². The summed E-state index contributed by atoms with van der Waals surface area (Å²) in [5, 5.41) is 0. The van der Waals surface area contributed by atoms with Crippen molar-refractivity contribution in [1.82, 2.24) is 0 Å². The van der Waals surface area contributed by atoms with E-state index in [0.717, 1.165) is 103 Å². The van der Waals surface area contributed by atoms with Crippen LogP contribution >= 0.6 is 0 Å². The molecule has 0 spiro atoms. The molecule has 6 nitrogen and oxygen atoms in total. The summed E-state index contributed by atoms with van der Waals surface area (Å²) in [6.07, 6.45) is 69.2. The van der Waals surface area contributed by atoms with E-state index in [9.17, 15) is 14.4 Å². The predicted molar refractivity (Wildman–Crippen MR) is 288 cm³/mol. The van der Waals surface area contributed by atoms with Gasteiger partial charge in [-0.25, -0.2) is 0 Å². The van der Waals surface area contributed by atoms with Crippen LogP contribution in [0.4, 0.5) is 0 Å². The molecular formula is C61H108O6. The van der Waals surface area contributed by atoms with Crippen LogP contribution in [0.5, 0.6) is 0 Å². The molecule has 388 valence electrons. The lowest BCUT2D eigenvalue weighted by atomic mass is 10.0. The lowest BCUT2D eigenvalue weighted by Gasteiger charge is -2.18. The third-order valence-electron chi connectivity index (χ3n) is 12.5. The maximum Gasteiger partial charge on any atom is 0.306 e. The number of hydrogen-bond donors (Lipinski definition) is 0. The first kappa shape index (κ1) is 64.1. The number of esters is 3. The van der Waals surface area contributed by atoms with E-state index < -0.39 is 6.10 Å². The molecule has 0 saturated heterocycles. The molecule has 0 aromatic rings. The molecule has 0 bridgehead atoms. The van der Waals surface area contributed by atoms with Crippen LogP contribution < -0.4 is 0 Å². The number of ether oxygens (including phenoxy) is 3. The predicted octanol–water partition coefficient (Wildman–Crippen LogP) is 19.2. The van der Waals surface area contributed by atoms with Gasteiger partial charge in [0.25, 0.3) is 0 Å². The maximum absolute atomic E-state index is 12.9. The lowest BCUT2D eigenvalue weighted by Crippen LogP contribution is -2.30. The molecule has 67 heavy (non-hydrogen) atoms. The molecule has 0 amide bonds. The summed E-state index contributed by atoms with van der Waals surface area (Å²) >= 11 is 0. The largest absolute Gasteiger partial charge is 0.462 e. The summed E-state index contributed by atoms with van der Waals surface area (Å²) in [6.45, 7) is 6.53. The van der Waals surface area contributed by atoms with Crippen molar-refractivity contribution in [3.05, 3.63) is 60.8 Å². The Morgan fingerprint density at radius 3 is 0.925 bits per heavy atom. The SMILES string of the molecule is CC/C=C\C/C=C\C/C=C\C/C=C\CCCCCCCCC(=O)OCC(COC(=O)CCCCCCCCCCCCCC)OC(=O)CCCCCCC/C=C\CCCCCCCCCCC. The Hall–Kier alpha value is -2.89. The monoisotopic (exact) mass is 937 g/mol. The van der Waals surface area contributed by atoms with E-state index in [1.807, 2.05) is 0 Å². The average molecular weight is 938 g/mol. The van der Waals surface area contributed by atoms with Crippen molar-refractivity contribution in [2.45, 2.75) is 297 Å². The molecule has 1 atom stereocenters. The molecule has 0 aliphatic carbocycles. The van der Waals surface area contributed by atoms with E-state index in [2.05, 4.69) is 81.5 Å². The highest BCUT2D eigenvalue weighted by Gasteiger charge is 2.19.